The number of aryl methyl sites for hydroxylation is 1. The van der Waals surface area contributed by atoms with Gasteiger partial charge in [0.2, 0.25) is 5.91 Å². The summed E-state index contributed by atoms with van der Waals surface area (Å²) in [5.74, 6) is 1.47. The fraction of sp³-hybridized carbons (Fsp3) is 0.391. The molecule has 2 rings (SSSR count). The zero-order valence-electron chi connectivity index (χ0n) is 18.8. The number of anilines is 1. The van der Waals surface area contributed by atoms with Crippen molar-refractivity contribution in [1.82, 2.24) is 10.2 Å². The number of imide groups is 1. The number of urea groups is 1. The summed E-state index contributed by atoms with van der Waals surface area (Å²) in [6.45, 7) is 7.28. The summed E-state index contributed by atoms with van der Waals surface area (Å²) in [5.41, 5.74) is 2.57. The molecule has 31 heavy (non-hydrogen) atoms. The van der Waals surface area contributed by atoms with Gasteiger partial charge in [-0.15, -0.1) is 0 Å². The minimum atomic E-state index is -0.613. The fourth-order valence-corrected chi connectivity index (χ4v) is 3.08. The second-order valence-corrected chi connectivity index (χ2v) is 7.02. The lowest BCUT2D eigenvalue weighted by atomic mass is 10.1. The highest BCUT2D eigenvalue weighted by Gasteiger charge is 2.14. The summed E-state index contributed by atoms with van der Waals surface area (Å²) in [5, 5.41) is 4.99. The van der Waals surface area contributed by atoms with Gasteiger partial charge in [0.1, 0.15) is 5.75 Å². The quantitative estimate of drug-likeness (QED) is 0.600. The van der Waals surface area contributed by atoms with Crippen LogP contribution in [0.2, 0.25) is 0 Å². The van der Waals surface area contributed by atoms with Gasteiger partial charge in [-0.25, -0.2) is 4.79 Å². The Morgan fingerprint density at radius 2 is 1.65 bits per heavy atom. The van der Waals surface area contributed by atoms with E-state index in [2.05, 4.69) is 10.6 Å². The third-order valence-electron chi connectivity index (χ3n) is 4.34. The molecule has 2 aromatic carbocycles. The molecule has 0 radical (unpaired) electrons. The first-order valence-corrected chi connectivity index (χ1v) is 10.2. The lowest BCUT2D eigenvalue weighted by Gasteiger charge is -2.18. The molecule has 8 nitrogen and oxygen atoms in total. The Labute approximate surface area is 183 Å². The van der Waals surface area contributed by atoms with Gasteiger partial charge in [-0.3, -0.25) is 15.0 Å². The van der Waals surface area contributed by atoms with Crippen molar-refractivity contribution in [2.24, 2.45) is 0 Å². The van der Waals surface area contributed by atoms with Crippen LogP contribution in [-0.2, 0) is 11.3 Å². The van der Waals surface area contributed by atoms with Gasteiger partial charge in [0.25, 0.3) is 0 Å². The van der Waals surface area contributed by atoms with E-state index in [1.165, 1.54) is 0 Å². The average molecular weight is 430 g/mol. The van der Waals surface area contributed by atoms with Gasteiger partial charge >= 0.3 is 6.03 Å². The van der Waals surface area contributed by atoms with Crippen LogP contribution in [0.5, 0.6) is 17.2 Å². The number of ether oxygens (including phenoxy) is 3. The van der Waals surface area contributed by atoms with Gasteiger partial charge in [-0.05, 0) is 46.0 Å². The number of likely N-dealkylation sites (N-methyl/N-ethyl adjacent to an activating group) is 1. The molecule has 0 spiro atoms. The van der Waals surface area contributed by atoms with Crippen LogP contribution in [-0.4, -0.2) is 50.8 Å². The lowest BCUT2D eigenvalue weighted by Crippen LogP contribution is -2.40. The van der Waals surface area contributed by atoms with E-state index in [0.29, 0.717) is 36.9 Å². The van der Waals surface area contributed by atoms with Crippen LogP contribution >= 0.6 is 0 Å². The predicted molar refractivity (Wildman–Crippen MR) is 120 cm³/mol. The second kappa shape index (κ2) is 11.8. The average Bonchev–Trinajstić information content (AvgIpc) is 2.70. The molecule has 0 fully saturated rings. The van der Waals surface area contributed by atoms with Crippen LogP contribution < -0.4 is 24.8 Å². The van der Waals surface area contributed by atoms with Crippen LogP contribution in [0, 0.1) is 6.92 Å². The highest BCUT2D eigenvalue weighted by Crippen LogP contribution is 2.30. The molecular formula is C23H31N3O5. The molecule has 3 amide bonds. The minimum absolute atomic E-state index is 0.0536. The molecule has 8 heteroatoms. The van der Waals surface area contributed by atoms with Gasteiger partial charge in [-0.1, -0.05) is 17.7 Å². The minimum Gasteiger partial charge on any atom is -0.496 e. The summed E-state index contributed by atoms with van der Waals surface area (Å²) >= 11 is 0. The van der Waals surface area contributed by atoms with Gasteiger partial charge in [0, 0.05) is 23.9 Å². The van der Waals surface area contributed by atoms with Gasteiger partial charge in [0.15, 0.2) is 11.5 Å². The molecule has 0 heterocycles. The first-order chi connectivity index (χ1) is 14.9. The number of carbonyl (C=O) groups is 2. The van der Waals surface area contributed by atoms with E-state index in [4.69, 9.17) is 14.2 Å². The molecule has 2 aromatic rings. The highest BCUT2D eigenvalue weighted by atomic mass is 16.5. The van der Waals surface area contributed by atoms with Crippen LogP contribution in [0.4, 0.5) is 10.5 Å². The molecule has 2 N–H and O–H groups in total. The van der Waals surface area contributed by atoms with Crippen molar-refractivity contribution in [2.75, 3.05) is 39.2 Å². The first kappa shape index (κ1) is 24.0. The molecule has 0 aliphatic rings. The SMILES string of the molecule is CCOc1ccc(NC(=O)NC(=O)CN(C)Cc2cc(C)ccc2OC)cc1OCC. The second-order valence-electron chi connectivity index (χ2n) is 7.02. The summed E-state index contributed by atoms with van der Waals surface area (Å²) < 4.78 is 16.4. The van der Waals surface area contributed by atoms with Crippen molar-refractivity contribution in [1.29, 1.82) is 0 Å². The molecular weight excluding hydrogens is 398 g/mol. The van der Waals surface area contributed by atoms with E-state index in [9.17, 15) is 9.59 Å². The highest BCUT2D eigenvalue weighted by molar-refractivity contribution is 6.01. The molecule has 0 saturated heterocycles. The van der Waals surface area contributed by atoms with Crippen LogP contribution in [0.1, 0.15) is 25.0 Å². The molecule has 0 aliphatic heterocycles. The third kappa shape index (κ3) is 7.49. The zero-order valence-corrected chi connectivity index (χ0v) is 18.8. The number of nitrogens with zero attached hydrogens (tertiary/aromatic N) is 1. The lowest BCUT2D eigenvalue weighted by molar-refractivity contribution is -0.120. The molecule has 168 valence electrons. The van der Waals surface area contributed by atoms with Crippen molar-refractivity contribution in [3.8, 4) is 17.2 Å². The Morgan fingerprint density at radius 1 is 0.968 bits per heavy atom. The Balaban J connectivity index is 1.91. The van der Waals surface area contributed by atoms with E-state index in [-0.39, 0.29) is 6.54 Å². The number of hydrogen-bond acceptors (Lipinski definition) is 6. The van der Waals surface area contributed by atoms with Crippen molar-refractivity contribution >= 4 is 17.6 Å². The molecule has 0 atom stereocenters. The number of benzene rings is 2. The van der Waals surface area contributed by atoms with E-state index in [1.807, 2.05) is 43.9 Å². The van der Waals surface area contributed by atoms with Crippen molar-refractivity contribution in [3.63, 3.8) is 0 Å². The number of methoxy groups -OCH3 is 1. The van der Waals surface area contributed by atoms with E-state index in [1.54, 1.807) is 32.4 Å². The Bertz CT molecular complexity index is 901. The first-order valence-electron chi connectivity index (χ1n) is 10.2. The Morgan fingerprint density at radius 3 is 2.32 bits per heavy atom. The zero-order chi connectivity index (χ0) is 22.8. The monoisotopic (exact) mass is 429 g/mol. The normalized spacial score (nSPS) is 10.5. The molecule has 0 bridgehead atoms. The summed E-state index contributed by atoms with van der Waals surface area (Å²) in [7, 11) is 3.42. The van der Waals surface area contributed by atoms with Gasteiger partial charge in [-0.2, -0.15) is 0 Å². The van der Waals surface area contributed by atoms with Crippen molar-refractivity contribution < 1.29 is 23.8 Å². The maximum Gasteiger partial charge on any atom is 0.325 e. The number of amides is 3. The Kier molecular flexibility index (Phi) is 9.14. The van der Waals surface area contributed by atoms with E-state index < -0.39 is 11.9 Å². The number of rotatable bonds is 10. The summed E-state index contributed by atoms with van der Waals surface area (Å²) in [6.07, 6.45) is 0. The predicted octanol–water partition coefficient (Wildman–Crippen LogP) is 3.58. The maximum atomic E-state index is 12.3. The van der Waals surface area contributed by atoms with Crippen LogP contribution in [0.25, 0.3) is 0 Å². The van der Waals surface area contributed by atoms with Crippen LogP contribution in [0.15, 0.2) is 36.4 Å². The van der Waals surface area contributed by atoms with Crippen molar-refractivity contribution in [3.05, 3.63) is 47.5 Å². The third-order valence-corrected chi connectivity index (χ3v) is 4.34. The largest absolute Gasteiger partial charge is 0.496 e. The number of carbonyl (C=O) groups excluding carboxylic acids is 2. The number of hydrogen-bond donors (Lipinski definition) is 2. The van der Waals surface area contributed by atoms with Crippen LogP contribution in [0.3, 0.4) is 0 Å². The fourth-order valence-electron chi connectivity index (χ4n) is 3.08. The van der Waals surface area contributed by atoms with Gasteiger partial charge in [0.05, 0.1) is 26.9 Å². The smallest absolute Gasteiger partial charge is 0.325 e. The molecule has 0 aliphatic carbocycles. The maximum absolute atomic E-state index is 12.3. The van der Waals surface area contributed by atoms with Crippen molar-refractivity contribution in [2.45, 2.75) is 27.3 Å². The molecule has 0 saturated carbocycles. The van der Waals surface area contributed by atoms with E-state index in [0.717, 1.165) is 16.9 Å². The summed E-state index contributed by atoms with van der Waals surface area (Å²) in [6, 6.07) is 10.3. The van der Waals surface area contributed by atoms with Gasteiger partial charge < -0.3 is 19.5 Å². The molecule has 0 unspecified atom stereocenters. The van der Waals surface area contributed by atoms with E-state index >= 15 is 0 Å². The standard InChI is InChI=1S/C23H31N3O5/c1-6-30-20-11-9-18(13-21(20)31-7-2)24-23(28)25-22(27)15-26(4)14-17-12-16(3)8-10-19(17)29-5/h8-13H,6-7,14-15H2,1-5H3,(H2,24,25,27,28). The number of nitrogens with one attached hydrogen (secondary N) is 2. The molecule has 0 aromatic heterocycles. The Hall–Kier alpha value is -3.26. The topological polar surface area (TPSA) is 89.1 Å². The summed E-state index contributed by atoms with van der Waals surface area (Å²) in [4.78, 5) is 26.3.